The van der Waals surface area contributed by atoms with E-state index in [-0.39, 0.29) is 22.7 Å². The molecule has 0 bridgehead atoms. The lowest BCUT2D eigenvalue weighted by molar-refractivity contribution is -0.139. The number of aliphatic imine (C=N–C) groups is 1. The number of rotatable bonds is 7. The van der Waals surface area contributed by atoms with Crippen LogP contribution in [0.5, 0.6) is 0 Å². The van der Waals surface area contributed by atoms with Crippen molar-refractivity contribution >= 4 is 11.9 Å². The van der Waals surface area contributed by atoms with Crippen molar-refractivity contribution in [2.24, 2.45) is 34.2 Å². The Hall–Kier alpha value is -2.04. The molecule has 35 heavy (non-hydrogen) atoms. The van der Waals surface area contributed by atoms with Gasteiger partial charge in [-0.25, -0.2) is 0 Å². The number of carbonyl (C=O) groups is 1. The van der Waals surface area contributed by atoms with E-state index < -0.39 is 0 Å². The minimum Gasteiger partial charge on any atom is -0.370 e. The van der Waals surface area contributed by atoms with Gasteiger partial charge in [-0.05, 0) is 103 Å². The van der Waals surface area contributed by atoms with Crippen LogP contribution in [-0.2, 0) is 22.2 Å². The minimum atomic E-state index is 0.184. The maximum Gasteiger partial charge on any atom is 0.225 e. The summed E-state index contributed by atoms with van der Waals surface area (Å²) in [6.45, 7) is 14.2. The smallest absolute Gasteiger partial charge is 0.225 e. The number of aryl methyl sites for hydroxylation is 1. The van der Waals surface area contributed by atoms with E-state index in [1.807, 2.05) is 0 Å². The highest BCUT2D eigenvalue weighted by molar-refractivity contribution is 5.79. The van der Waals surface area contributed by atoms with E-state index in [9.17, 15) is 4.79 Å². The second-order valence-electron chi connectivity index (χ2n) is 13.1. The summed E-state index contributed by atoms with van der Waals surface area (Å²) in [5.41, 5.74) is 17.1. The molecule has 0 radical (unpaired) electrons. The van der Waals surface area contributed by atoms with Crippen molar-refractivity contribution in [3.05, 3.63) is 34.4 Å². The Kier molecular flexibility index (Phi) is 7.54. The molecule has 1 aromatic rings. The number of nitrogens with two attached hydrogens (primary N) is 2. The van der Waals surface area contributed by atoms with Crippen LogP contribution < -0.4 is 11.5 Å². The fraction of sp³-hybridized carbons (Fsp3) is 0.733. The first kappa shape index (κ1) is 26.0. The highest BCUT2D eigenvalue weighted by Gasteiger charge is 2.38. The number of amides is 1. The van der Waals surface area contributed by atoms with Crippen molar-refractivity contribution in [2.45, 2.75) is 110 Å². The molecule has 0 saturated heterocycles. The lowest BCUT2D eigenvalue weighted by Gasteiger charge is -2.43. The van der Waals surface area contributed by atoms with Gasteiger partial charge in [-0.3, -0.25) is 9.79 Å². The molecule has 3 aliphatic carbocycles. The van der Waals surface area contributed by atoms with Gasteiger partial charge < -0.3 is 16.4 Å². The zero-order valence-corrected chi connectivity index (χ0v) is 22.8. The third-order valence-corrected chi connectivity index (χ3v) is 9.41. The second kappa shape index (κ2) is 10.1. The molecule has 4 N–H and O–H groups in total. The van der Waals surface area contributed by atoms with Crippen molar-refractivity contribution in [3.63, 3.8) is 0 Å². The summed E-state index contributed by atoms with van der Waals surface area (Å²) in [7, 11) is 0. The van der Waals surface area contributed by atoms with Gasteiger partial charge in [-0.1, -0.05) is 46.2 Å². The van der Waals surface area contributed by atoms with E-state index in [1.165, 1.54) is 41.5 Å². The monoisotopic (exact) mass is 480 g/mol. The number of benzene rings is 1. The van der Waals surface area contributed by atoms with Gasteiger partial charge in [-0.2, -0.15) is 0 Å². The molecule has 3 aliphatic rings. The van der Waals surface area contributed by atoms with Crippen LogP contribution in [0.15, 0.2) is 17.1 Å². The molecule has 5 nitrogen and oxygen atoms in total. The summed E-state index contributed by atoms with van der Waals surface area (Å²) in [4.78, 5) is 20.0. The Bertz CT molecular complexity index is 947. The van der Waals surface area contributed by atoms with Gasteiger partial charge in [-0.15, -0.1) is 0 Å². The van der Waals surface area contributed by atoms with Crippen molar-refractivity contribution < 1.29 is 4.79 Å². The predicted molar refractivity (Wildman–Crippen MR) is 145 cm³/mol. The Morgan fingerprint density at radius 1 is 0.943 bits per heavy atom. The van der Waals surface area contributed by atoms with E-state index in [2.05, 4.69) is 56.6 Å². The average Bonchev–Trinajstić information content (AvgIpc) is 2.75. The van der Waals surface area contributed by atoms with Crippen molar-refractivity contribution in [3.8, 4) is 0 Å². The Balaban J connectivity index is 1.52. The summed E-state index contributed by atoms with van der Waals surface area (Å²) in [5, 5.41) is 0. The predicted octanol–water partition coefficient (Wildman–Crippen LogP) is 5.55. The van der Waals surface area contributed by atoms with Crippen molar-refractivity contribution in [1.82, 2.24) is 4.90 Å². The fourth-order valence-corrected chi connectivity index (χ4v) is 6.43. The van der Waals surface area contributed by atoms with Gasteiger partial charge in [0.25, 0.3) is 0 Å². The normalized spacial score (nSPS) is 25.3. The molecule has 0 atom stereocenters. The Morgan fingerprint density at radius 3 is 2.06 bits per heavy atom. The van der Waals surface area contributed by atoms with Crippen LogP contribution in [0, 0.1) is 24.7 Å². The number of carbonyl (C=O) groups excluding carboxylic acids is 1. The molecule has 1 amide bonds. The van der Waals surface area contributed by atoms with Crippen LogP contribution in [0.2, 0.25) is 0 Å². The molecule has 5 heteroatoms. The lowest BCUT2D eigenvalue weighted by Crippen LogP contribution is -2.42. The molecule has 0 spiro atoms. The number of fused-ring (bicyclic) bond motifs is 1. The zero-order chi connectivity index (χ0) is 25.4. The molecule has 0 unspecified atom stereocenters. The Labute approximate surface area is 213 Å². The average molecular weight is 481 g/mol. The first-order valence-corrected chi connectivity index (χ1v) is 13.9. The molecular weight excluding hydrogens is 432 g/mol. The van der Waals surface area contributed by atoms with E-state index in [0.29, 0.717) is 17.7 Å². The first-order chi connectivity index (χ1) is 16.5. The van der Waals surface area contributed by atoms with Gasteiger partial charge in [0, 0.05) is 25.6 Å². The molecule has 2 fully saturated rings. The second-order valence-corrected chi connectivity index (χ2v) is 13.1. The molecular formula is C30H48N4O. The largest absolute Gasteiger partial charge is 0.370 e. The van der Waals surface area contributed by atoms with Gasteiger partial charge in [0.15, 0.2) is 5.96 Å². The topological polar surface area (TPSA) is 84.7 Å². The lowest BCUT2D eigenvalue weighted by atomic mass is 9.62. The fourth-order valence-electron chi connectivity index (χ4n) is 6.43. The van der Waals surface area contributed by atoms with E-state index in [0.717, 1.165) is 58.2 Å². The summed E-state index contributed by atoms with van der Waals surface area (Å²) < 4.78 is 0. The van der Waals surface area contributed by atoms with Crippen LogP contribution in [0.25, 0.3) is 0 Å². The van der Waals surface area contributed by atoms with Crippen LogP contribution in [-0.4, -0.2) is 29.9 Å². The number of hydrogen-bond acceptors (Lipinski definition) is 2. The quantitative estimate of drug-likeness (QED) is 0.396. The van der Waals surface area contributed by atoms with Crippen molar-refractivity contribution in [2.75, 3.05) is 13.1 Å². The standard InChI is InChI=1S/C30H48N4O/c1-20-15-25-26(30(4,5)14-13-29(25,2)3)16-24(20)19-34(27(35)23-7-6-8-23)18-22-11-9-21(10-12-22)17-33-28(31)32/h15-16,21-23H,6-14,17-19H2,1-5H3,(H4,31,32,33). The molecule has 0 aromatic heterocycles. The minimum absolute atomic E-state index is 0.184. The third kappa shape index (κ3) is 5.86. The molecule has 0 heterocycles. The number of hydrogen-bond donors (Lipinski definition) is 2. The molecule has 194 valence electrons. The van der Waals surface area contributed by atoms with Crippen molar-refractivity contribution in [1.29, 1.82) is 0 Å². The zero-order valence-electron chi connectivity index (χ0n) is 22.8. The summed E-state index contributed by atoms with van der Waals surface area (Å²) in [6, 6.07) is 4.89. The van der Waals surface area contributed by atoms with Crippen LogP contribution in [0.1, 0.15) is 108 Å². The third-order valence-electron chi connectivity index (χ3n) is 9.41. The van der Waals surface area contributed by atoms with Crippen LogP contribution in [0.3, 0.4) is 0 Å². The highest BCUT2D eigenvalue weighted by Crippen LogP contribution is 2.46. The molecule has 0 aliphatic heterocycles. The van der Waals surface area contributed by atoms with E-state index >= 15 is 0 Å². The SMILES string of the molecule is Cc1cc2c(cc1CN(CC1CCC(CN=C(N)N)CC1)C(=O)C1CCC1)C(C)(C)CCC2(C)C. The highest BCUT2D eigenvalue weighted by atomic mass is 16.2. The number of nitrogens with zero attached hydrogens (tertiary/aromatic N) is 2. The van der Waals surface area contributed by atoms with Gasteiger partial charge in [0.2, 0.25) is 5.91 Å². The molecule has 2 saturated carbocycles. The van der Waals surface area contributed by atoms with Crippen LogP contribution in [0.4, 0.5) is 0 Å². The van der Waals surface area contributed by atoms with Crippen LogP contribution >= 0.6 is 0 Å². The van der Waals surface area contributed by atoms with Gasteiger partial charge in [0.05, 0.1) is 0 Å². The summed E-state index contributed by atoms with van der Waals surface area (Å²) >= 11 is 0. The number of guanidine groups is 1. The summed E-state index contributed by atoms with van der Waals surface area (Å²) in [6.07, 6.45) is 10.4. The van der Waals surface area contributed by atoms with E-state index in [1.54, 1.807) is 0 Å². The summed E-state index contributed by atoms with van der Waals surface area (Å²) in [5.74, 6) is 1.95. The van der Waals surface area contributed by atoms with E-state index in [4.69, 9.17) is 11.5 Å². The maximum atomic E-state index is 13.6. The first-order valence-electron chi connectivity index (χ1n) is 13.9. The molecule has 1 aromatic carbocycles. The Morgan fingerprint density at radius 2 is 1.51 bits per heavy atom. The molecule has 4 rings (SSSR count). The van der Waals surface area contributed by atoms with Gasteiger partial charge in [0.1, 0.15) is 0 Å². The maximum absolute atomic E-state index is 13.6. The van der Waals surface area contributed by atoms with Gasteiger partial charge >= 0.3 is 0 Å².